The van der Waals surface area contributed by atoms with Crippen molar-refractivity contribution >= 4 is 11.9 Å². The molecule has 0 bridgehead atoms. The van der Waals surface area contributed by atoms with Gasteiger partial charge >= 0.3 is 0 Å². The Kier molecular flexibility index (Phi) is 10.9. The van der Waals surface area contributed by atoms with E-state index in [2.05, 4.69) is 11.8 Å². The number of carbonyl (C=O) groups is 2. The number of ether oxygens (including phenoxy) is 2. The van der Waals surface area contributed by atoms with E-state index >= 15 is 0 Å². The molecule has 0 aromatic heterocycles. The lowest BCUT2D eigenvalue weighted by molar-refractivity contribution is -0.141. The topological polar surface area (TPSA) is 137 Å². The lowest BCUT2D eigenvalue weighted by atomic mass is 9.72. The first kappa shape index (κ1) is 29.6. The number of carboxylic acid groups (broad SMARTS) is 1. The summed E-state index contributed by atoms with van der Waals surface area (Å²) in [5.74, 6) is 5.52. The van der Waals surface area contributed by atoms with Crippen LogP contribution in [0.3, 0.4) is 0 Å². The molecule has 200 valence electrons. The van der Waals surface area contributed by atoms with Gasteiger partial charge in [-0.1, -0.05) is 43.0 Å². The first-order valence-corrected chi connectivity index (χ1v) is 11.8. The molecule has 0 radical (unpaired) electrons. The first-order chi connectivity index (χ1) is 17.5. The normalized spacial score (nSPS) is 20.0. The highest BCUT2D eigenvalue weighted by molar-refractivity contribution is 5.81. The molecule has 1 amide bonds. The summed E-state index contributed by atoms with van der Waals surface area (Å²) in [6.45, 7) is 4.78. The number of nitrogens with zero attached hydrogens (tertiary/aromatic N) is 1. The van der Waals surface area contributed by atoms with E-state index in [-0.39, 0.29) is 19.1 Å². The second-order valence-corrected chi connectivity index (χ2v) is 9.04. The summed E-state index contributed by atoms with van der Waals surface area (Å²) in [5, 5.41) is 37.0. The molecule has 9 nitrogen and oxygen atoms in total. The van der Waals surface area contributed by atoms with Crippen molar-refractivity contribution in [3.05, 3.63) is 59.7 Å². The zero-order valence-corrected chi connectivity index (χ0v) is 21.5. The standard InChI is InChI=1S/C26H31NO6.C2H4O2/c1-18(29)26(2)17-27(25(31)22(30)16-28)15-21(26)20-11-12-23(32-3)24(14-20)33-13-7-10-19-8-5-4-6-9-19;1-2(3)4/h4-6,8-9,11-12,14,18,21-22,28-30H,13,15-17H2,1-3H3;1H3,(H,3,4)/t18-,21+,22+,26+;/m1./s1. The van der Waals surface area contributed by atoms with Crippen molar-refractivity contribution in [1.29, 1.82) is 0 Å². The fraction of sp³-hybridized carbons (Fsp3) is 0.429. The minimum absolute atomic E-state index is 0.167. The van der Waals surface area contributed by atoms with Crippen LogP contribution in [-0.4, -0.2) is 82.8 Å². The Balaban J connectivity index is 0.00000112. The van der Waals surface area contributed by atoms with Crippen LogP contribution in [-0.2, 0) is 9.59 Å². The fourth-order valence-corrected chi connectivity index (χ4v) is 4.18. The van der Waals surface area contributed by atoms with Gasteiger partial charge in [0.2, 0.25) is 0 Å². The quantitative estimate of drug-likeness (QED) is 0.412. The maximum Gasteiger partial charge on any atom is 0.300 e. The lowest BCUT2D eigenvalue weighted by Gasteiger charge is -2.34. The third-order valence-corrected chi connectivity index (χ3v) is 6.35. The third-order valence-electron chi connectivity index (χ3n) is 6.35. The molecule has 0 saturated carbocycles. The maximum absolute atomic E-state index is 12.5. The molecule has 1 fully saturated rings. The molecular formula is C28H35NO8. The van der Waals surface area contributed by atoms with Gasteiger partial charge in [-0.3, -0.25) is 9.59 Å². The summed E-state index contributed by atoms with van der Waals surface area (Å²) in [4.78, 5) is 23.0. The third kappa shape index (κ3) is 7.95. The number of amides is 1. The summed E-state index contributed by atoms with van der Waals surface area (Å²) in [6, 6.07) is 15.2. The summed E-state index contributed by atoms with van der Waals surface area (Å²) in [5.41, 5.74) is 1.12. The van der Waals surface area contributed by atoms with E-state index in [1.807, 2.05) is 49.4 Å². The molecule has 1 aliphatic rings. The van der Waals surface area contributed by atoms with Gasteiger partial charge in [0, 0.05) is 36.9 Å². The van der Waals surface area contributed by atoms with Gasteiger partial charge in [0.15, 0.2) is 17.6 Å². The molecule has 1 heterocycles. The number of aliphatic carboxylic acids is 1. The van der Waals surface area contributed by atoms with Gasteiger partial charge in [-0.05, 0) is 36.8 Å². The predicted octanol–water partition coefficient (Wildman–Crippen LogP) is 1.88. The Morgan fingerprint density at radius 1 is 1.16 bits per heavy atom. The Bertz CT molecular complexity index is 1100. The molecule has 0 unspecified atom stereocenters. The molecule has 0 spiro atoms. The number of carboxylic acids is 1. The zero-order chi connectivity index (χ0) is 27.6. The lowest BCUT2D eigenvalue weighted by Crippen LogP contribution is -2.42. The van der Waals surface area contributed by atoms with Crippen LogP contribution in [0.1, 0.15) is 37.8 Å². The van der Waals surface area contributed by atoms with Crippen LogP contribution in [0.2, 0.25) is 0 Å². The molecule has 4 atom stereocenters. The summed E-state index contributed by atoms with van der Waals surface area (Å²) >= 11 is 0. The molecule has 2 aromatic rings. The van der Waals surface area contributed by atoms with Crippen LogP contribution >= 0.6 is 0 Å². The summed E-state index contributed by atoms with van der Waals surface area (Å²) in [6.07, 6.45) is -2.19. The number of methoxy groups -OCH3 is 1. The number of likely N-dealkylation sites (tertiary alicyclic amines) is 1. The Labute approximate surface area is 217 Å². The van der Waals surface area contributed by atoms with Crippen LogP contribution in [0.25, 0.3) is 0 Å². The van der Waals surface area contributed by atoms with E-state index in [9.17, 15) is 15.0 Å². The van der Waals surface area contributed by atoms with Gasteiger partial charge in [-0.15, -0.1) is 0 Å². The van der Waals surface area contributed by atoms with Gasteiger partial charge in [-0.25, -0.2) is 0 Å². The fourth-order valence-electron chi connectivity index (χ4n) is 4.18. The average Bonchev–Trinajstić information content (AvgIpc) is 3.24. The second-order valence-electron chi connectivity index (χ2n) is 9.04. The number of carbonyl (C=O) groups excluding carboxylic acids is 1. The van der Waals surface area contributed by atoms with Crippen molar-refractivity contribution in [2.24, 2.45) is 5.41 Å². The highest BCUT2D eigenvalue weighted by Gasteiger charge is 2.49. The van der Waals surface area contributed by atoms with Gasteiger partial charge in [0.25, 0.3) is 11.9 Å². The number of hydrogen-bond acceptors (Lipinski definition) is 7. The average molecular weight is 514 g/mol. The minimum atomic E-state index is -1.47. The number of aliphatic hydroxyl groups is 3. The van der Waals surface area contributed by atoms with Crippen molar-refractivity contribution in [3.63, 3.8) is 0 Å². The number of rotatable bonds is 7. The van der Waals surface area contributed by atoms with E-state index in [4.69, 9.17) is 24.5 Å². The highest BCUT2D eigenvalue weighted by Crippen LogP contribution is 2.47. The molecule has 3 rings (SSSR count). The van der Waals surface area contributed by atoms with Crippen molar-refractivity contribution in [2.75, 3.05) is 33.4 Å². The van der Waals surface area contributed by atoms with Crippen molar-refractivity contribution in [3.8, 4) is 23.3 Å². The summed E-state index contributed by atoms with van der Waals surface area (Å²) in [7, 11) is 1.56. The predicted molar refractivity (Wildman–Crippen MR) is 137 cm³/mol. The molecule has 2 aromatic carbocycles. The van der Waals surface area contributed by atoms with Crippen molar-refractivity contribution < 1.29 is 39.5 Å². The Morgan fingerprint density at radius 3 is 2.38 bits per heavy atom. The zero-order valence-electron chi connectivity index (χ0n) is 21.5. The molecule has 9 heteroatoms. The van der Waals surface area contributed by atoms with Gasteiger partial charge < -0.3 is 34.8 Å². The SMILES string of the molecule is CC(=O)O.COc1ccc([C@@H]2CN(C(=O)[C@@H](O)CO)C[C@@]2(C)[C@@H](C)O)cc1OCC#Cc1ccccc1. The van der Waals surface area contributed by atoms with Crippen LogP contribution in [0.4, 0.5) is 0 Å². The molecule has 4 N–H and O–H groups in total. The first-order valence-electron chi connectivity index (χ1n) is 11.8. The smallest absolute Gasteiger partial charge is 0.300 e. The number of aliphatic hydroxyl groups excluding tert-OH is 3. The van der Waals surface area contributed by atoms with Gasteiger partial charge in [-0.2, -0.15) is 0 Å². The molecular weight excluding hydrogens is 478 g/mol. The van der Waals surface area contributed by atoms with E-state index in [1.54, 1.807) is 20.1 Å². The minimum Gasteiger partial charge on any atom is -0.493 e. The molecule has 0 aliphatic carbocycles. The Hall–Kier alpha value is -3.58. The molecule has 1 saturated heterocycles. The van der Waals surface area contributed by atoms with E-state index in [0.29, 0.717) is 18.0 Å². The van der Waals surface area contributed by atoms with Gasteiger partial charge in [0.05, 0.1) is 19.8 Å². The van der Waals surface area contributed by atoms with E-state index in [1.165, 1.54) is 4.90 Å². The number of benzene rings is 2. The van der Waals surface area contributed by atoms with Crippen molar-refractivity contribution in [1.82, 2.24) is 4.90 Å². The second kappa shape index (κ2) is 13.7. The van der Waals surface area contributed by atoms with Crippen LogP contribution in [0, 0.1) is 17.3 Å². The largest absolute Gasteiger partial charge is 0.493 e. The van der Waals surface area contributed by atoms with Crippen LogP contribution in [0.5, 0.6) is 11.5 Å². The van der Waals surface area contributed by atoms with E-state index in [0.717, 1.165) is 18.1 Å². The monoisotopic (exact) mass is 513 g/mol. The highest BCUT2D eigenvalue weighted by atomic mass is 16.5. The molecule has 1 aliphatic heterocycles. The van der Waals surface area contributed by atoms with E-state index < -0.39 is 36.1 Å². The van der Waals surface area contributed by atoms with Crippen LogP contribution < -0.4 is 9.47 Å². The van der Waals surface area contributed by atoms with Crippen molar-refractivity contribution in [2.45, 2.75) is 38.9 Å². The molecule has 37 heavy (non-hydrogen) atoms. The summed E-state index contributed by atoms with van der Waals surface area (Å²) < 4.78 is 11.3. The maximum atomic E-state index is 12.5. The van der Waals surface area contributed by atoms with Gasteiger partial charge in [0.1, 0.15) is 6.61 Å². The number of hydrogen-bond donors (Lipinski definition) is 4. The Morgan fingerprint density at radius 2 is 1.81 bits per heavy atom. The van der Waals surface area contributed by atoms with Crippen LogP contribution in [0.15, 0.2) is 48.5 Å².